The predicted octanol–water partition coefficient (Wildman–Crippen LogP) is 3.01. The Morgan fingerprint density at radius 3 is 2.60 bits per heavy atom. The lowest BCUT2D eigenvalue weighted by Crippen LogP contribution is -2.48. The molecule has 1 aromatic rings. The maximum Gasteiger partial charge on any atom is 0.0139 e. The molecule has 110 valence electrons. The van der Waals surface area contributed by atoms with Gasteiger partial charge < -0.3 is 5.32 Å². The molecule has 0 aromatic heterocycles. The van der Waals surface area contributed by atoms with Gasteiger partial charge in [0, 0.05) is 12.1 Å². The highest BCUT2D eigenvalue weighted by atomic mass is 15.2. The monoisotopic (exact) mass is 272 g/mol. The molecule has 2 heteroatoms. The number of aryl methyl sites for hydroxylation is 1. The molecule has 3 rings (SSSR count). The van der Waals surface area contributed by atoms with Crippen LogP contribution in [0.2, 0.25) is 0 Å². The molecule has 0 amide bonds. The van der Waals surface area contributed by atoms with E-state index < -0.39 is 0 Å². The van der Waals surface area contributed by atoms with Crippen molar-refractivity contribution in [2.24, 2.45) is 0 Å². The Bertz CT molecular complexity index is 421. The van der Waals surface area contributed by atoms with Crippen molar-refractivity contribution in [2.75, 3.05) is 19.6 Å². The van der Waals surface area contributed by atoms with E-state index in [2.05, 4.69) is 41.4 Å². The molecule has 1 atom stereocenters. The van der Waals surface area contributed by atoms with Gasteiger partial charge in [0.1, 0.15) is 0 Å². The molecule has 1 aliphatic heterocycles. The molecule has 2 nitrogen and oxygen atoms in total. The summed E-state index contributed by atoms with van der Waals surface area (Å²) >= 11 is 0. The second kappa shape index (κ2) is 6.73. The van der Waals surface area contributed by atoms with Crippen molar-refractivity contribution < 1.29 is 0 Å². The summed E-state index contributed by atoms with van der Waals surface area (Å²) in [5.41, 5.74) is 3.18. The average molecular weight is 272 g/mol. The molecule has 0 saturated carbocycles. The molecule has 1 N–H and O–H groups in total. The summed E-state index contributed by atoms with van der Waals surface area (Å²) in [5.74, 6) is 0. The van der Waals surface area contributed by atoms with Crippen molar-refractivity contribution >= 4 is 0 Å². The van der Waals surface area contributed by atoms with Crippen LogP contribution in [0.25, 0.3) is 0 Å². The maximum absolute atomic E-state index is 3.68. The summed E-state index contributed by atoms with van der Waals surface area (Å²) in [6.45, 7) is 6.01. The first kappa shape index (κ1) is 14.1. The van der Waals surface area contributed by atoms with Crippen LogP contribution in [0.1, 0.15) is 43.7 Å². The van der Waals surface area contributed by atoms with Crippen molar-refractivity contribution in [3.05, 3.63) is 35.4 Å². The van der Waals surface area contributed by atoms with E-state index in [1.807, 2.05) is 0 Å². The fourth-order valence-corrected chi connectivity index (χ4v) is 3.81. The van der Waals surface area contributed by atoms with Gasteiger partial charge in [0.25, 0.3) is 0 Å². The molecule has 2 aliphatic rings. The van der Waals surface area contributed by atoms with Gasteiger partial charge in [-0.3, -0.25) is 4.90 Å². The highest BCUT2D eigenvalue weighted by Crippen LogP contribution is 2.26. The molecule has 0 bridgehead atoms. The Kier molecular flexibility index (Phi) is 4.74. The summed E-state index contributed by atoms with van der Waals surface area (Å²) in [7, 11) is 0. The van der Waals surface area contributed by atoms with Crippen molar-refractivity contribution in [3.8, 4) is 0 Å². The summed E-state index contributed by atoms with van der Waals surface area (Å²) in [6, 6.07) is 10.6. The second-order valence-corrected chi connectivity index (χ2v) is 6.43. The van der Waals surface area contributed by atoms with Gasteiger partial charge in [-0.2, -0.15) is 0 Å². The highest BCUT2D eigenvalue weighted by molar-refractivity contribution is 5.30. The third-order valence-electron chi connectivity index (χ3n) is 5.05. The van der Waals surface area contributed by atoms with Gasteiger partial charge in [-0.1, -0.05) is 31.2 Å². The largest absolute Gasteiger partial charge is 0.314 e. The molecule has 1 fully saturated rings. The second-order valence-electron chi connectivity index (χ2n) is 6.43. The SMILES string of the molecule is CCCNC1CCN(C2CCc3ccccc3C2)CC1. The first-order valence-electron chi connectivity index (χ1n) is 8.41. The number of nitrogens with one attached hydrogen (secondary N) is 1. The number of nitrogens with zero attached hydrogens (tertiary/aromatic N) is 1. The van der Waals surface area contributed by atoms with Gasteiger partial charge in [-0.15, -0.1) is 0 Å². The minimum Gasteiger partial charge on any atom is -0.314 e. The van der Waals surface area contributed by atoms with E-state index in [0.29, 0.717) is 0 Å². The number of piperidine rings is 1. The van der Waals surface area contributed by atoms with E-state index >= 15 is 0 Å². The van der Waals surface area contributed by atoms with Gasteiger partial charge in [0.15, 0.2) is 0 Å². The van der Waals surface area contributed by atoms with E-state index in [9.17, 15) is 0 Å². The lowest BCUT2D eigenvalue weighted by molar-refractivity contribution is 0.132. The standard InChI is InChI=1S/C18H28N2/c1-2-11-19-17-9-12-20(13-10-17)18-8-7-15-5-3-4-6-16(15)14-18/h3-6,17-19H,2,7-14H2,1H3. The summed E-state index contributed by atoms with van der Waals surface area (Å²) < 4.78 is 0. The van der Waals surface area contributed by atoms with E-state index in [-0.39, 0.29) is 0 Å². The third-order valence-corrected chi connectivity index (χ3v) is 5.05. The van der Waals surface area contributed by atoms with Crippen molar-refractivity contribution in [1.29, 1.82) is 0 Å². The highest BCUT2D eigenvalue weighted by Gasteiger charge is 2.27. The van der Waals surface area contributed by atoms with Crippen LogP contribution in [0.5, 0.6) is 0 Å². The van der Waals surface area contributed by atoms with Crippen molar-refractivity contribution in [1.82, 2.24) is 10.2 Å². The smallest absolute Gasteiger partial charge is 0.0139 e. The normalized spacial score (nSPS) is 24.6. The summed E-state index contributed by atoms with van der Waals surface area (Å²) in [5, 5.41) is 3.68. The maximum atomic E-state index is 3.68. The molecule has 1 saturated heterocycles. The molecule has 1 aliphatic carbocycles. The van der Waals surface area contributed by atoms with E-state index in [4.69, 9.17) is 0 Å². The number of hydrogen-bond donors (Lipinski definition) is 1. The first-order valence-corrected chi connectivity index (χ1v) is 8.41. The van der Waals surface area contributed by atoms with Crippen LogP contribution in [0, 0.1) is 0 Å². The lowest BCUT2D eigenvalue weighted by Gasteiger charge is -2.40. The topological polar surface area (TPSA) is 15.3 Å². The van der Waals surface area contributed by atoms with Crippen LogP contribution in [-0.4, -0.2) is 36.6 Å². The molecular formula is C18H28N2. The average Bonchev–Trinajstić information content (AvgIpc) is 2.53. The predicted molar refractivity (Wildman–Crippen MR) is 85.1 cm³/mol. The zero-order chi connectivity index (χ0) is 13.8. The van der Waals surface area contributed by atoms with Crippen LogP contribution in [0.4, 0.5) is 0 Å². The first-order chi connectivity index (χ1) is 9.86. The Morgan fingerprint density at radius 2 is 1.85 bits per heavy atom. The van der Waals surface area contributed by atoms with Crippen LogP contribution < -0.4 is 5.32 Å². The molecule has 1 heterocycles. The molecular weight excluding hydrogens is 244 g/mol. The molecule has 0 radical (unpaired) electrons. The molecule has 1 aromatic carbocycles. The zero-order valence-electron chi connectivity index (χ0n) is 12.8. The number of benzene rings is 1. The quantitative estimate of drug-likeness (QED) is 0.906. The van der Waals surface area contributed by atoms with Gasteiger partial charge in [0.05, 0.1) is 0 Å². The summed E-state index contributed by atoms with van der Waals surface area (Å²) in [4.78, 5) is 2.75. The van der Waals surface area contributed by atoms with Crippen molar-refractivity contribution in [3.63, 3.8) is 0 Å². The van der Waals surface area contributed by atoms with Crippen LogP contribution >= 0.6 is 0 Å². The Labute approximate surface area is 123 Å². The molecule has 0 spiro atoms. The Balaban J connectivity index is 1.52. The molecule has 20 heavy (non-hydrogen) atoms. The Hall–Kier alpha value is -0.860. The fourth-order valence-electron chi connectivity index (χ4n) is 3.81. The zero-order valence-corrected chi connectivity index (χ0v) is 12.8. The van der Waals surface area contributed by atoms with E-state index in [0.717, 1.165) is 12.1 Å². The molecule has 1 unspecified atom stereocenters. The van der Waals surface area contributed by atoms with Gasteiger partial charge in [-0.25, -0.2) is 0 Å². The van der Waals surface area contributed by atoms with Crippen molar-refractivity contribution in [2.45, 2.75) is 57.5 Å². The number of rotatable bonds is 4. The third kappa shape index (κ3) is 3.24. The summed E-state index contributed by atoms with van der Waals surface area (Å²) in [6.07, 6.45) is 7.80. The van der Waals surface area contributed by atoms with Crippen LogP contribution in [0.15, 0.2) is 24.3 Å². The van der Waals surface area contributed by atoms with Crippen LogP contribution in [0.3, 0.4) is 0 Å². The minimum atomic E-state index is 0.766. The number of hydrogen-bond acceptors (Lipinski definition) is 2. The Morgan fingerprint density at radius 1 is 1.10 bits per heavy atom. The lowest BCUT2D eigenvalue weighted by atomic mass is 9.86. The van der Waals surface area contributed by atoms with Crippen LogP contribution in [-0.2, 0) is 12.8 Å². The van der Waals surface area contributed by atoms with E-state index in [1.165, 1.54) is 58.2 Å². The van der Waals surface area contributed by atoms with Gasteiger partial charge in [-0.05, 0) is 69.3 Å². The number of likely N-dealkylation sites (tertiary alicyclic amines) is 1. The van der Waals surface area contributed by atoms with Gasteiger partial charge in [0.2, 0.25) is 0 Å². The van der Waals surface area contributed by atoms with Gasteiger partial charge >= 0.3 is 0 Å². The minimum absolute atomic E-state index is 0.766. The fraction of sp³-hybridized carbons (Fsp3) is 0.667. The number of fused-ring (bicyclic) bond motifs is 1. The van der Waals surface area contributed by atoms with E-state index in [1.54, 1.807) is 11.1 Å².